The van der Waals surface area contributed by atoms with E-state index in [9.17, 15) is 4.79 Å². The van der Waals surface area contributed by atoms with Crippen LogP contribution in [0.1, 0.15) is 56.0 Å². The Balaban J connectivity index is 1.36. The maximum atomic E-state index is 12.7. The molecule has 1 aromatic carbocycles. The minimum Gasteiger partial charge on any atom is -0.353 e. The second kappa shape index (κ2) is 10.6. The van der Waals surface area contributed by atoms with Crippen LogP contribution >= 0.6 is 0 Å². The smallest absolute Gasteiger partial charge is 0.241 e. The Kier molecular flexibility index (Phi) is 7.42. The summed E-state index contributed by atoms with van der Waals surface area (Å²) in [4.78, 5) is 17.6. The highest BCUT2D eigenvalue weighted by atomic mass is 16.2. The molecule has 4 rings (SSSR count). The minimum absolute atomic E-state index is 0.0410. The van der Waals surface area contributed by atoms with Gasteiger partial charge < -0.3 is 5.32 Å². The summed E-state index contributed by atoms with van der Waals surface area (Å²) >= 11 is 0. The van der Waals surface area contributed by atoms with E-state index in [-0.39, 0.29) is 18.5 Å². The fourth-order valence-corrected chi connectivity index (χ4v) is 4.54. The van der Waals surface area contributed by atoms with Crippen LogP contribution in [0.3, 0.4) is 0 Å². The van der Waals surface area contributed by atoms with Crippen molar-refractivity contribution in [3.05, 3.63) is 41.7 Å². The number of carbonyl (C=O) groups excluding carboxylic acids is 1. The summed E-state index contributed by atoms with van der Waals surface area (Å²) < 4.78 is 1.64. The first-order chi connectivity index (χ1) is 14.8. The van der Waals surface area contributed by atoms with E-state index in [1.807, 2.05) is 6.07 Å². The molecule has 0 radical (unpaired) electrons. The third kappa shape index (κ3) is 5.64. The Bertz CT molecular complexity index is 780. The number of benzene rings is 1. The van der Waals surface area contributed by atoms with Crippen molar-refractivity contribution in [2.75, 3.05) is 32.7 Å². The highest BCUT2D eigenvalue weighted by Crippen LogP contribution is 2.23. The lowest BCUT2D eigenvalue weighted by atomic mass is 10.0. The standard InChI is InChI=1S/C22H33N7O/c30-22(18-29-21(24-25-26-29)17-27-12-8-9-13-27)23-16-20(19-10-4-3-5-11-19)28-14-6-1-2-7-15-28/h3-5,10-11,20H,1-2,6-9,12-18H2,(H,23,30). The molecule has 2 aliphatic heterocycles. The van der Waals surface area contributed by atoms with Gasteiger partial charge in [-0.1, -0.05) is 43.2 Å². The van der Waals surface area contributed by atoms with Gasteiger partial charge in [-0.2, -0.15) is 0 Å². The van der Waals surface area contributed by atoms with Gasteiger partial charge in [0.05, 0.1) is 12.6 Å². The lowest BCUT2D eigenvalue weighted by Gasteiger charge is -2.31. The van der Waals surface area contributed by atoms with Gasteiger partial charge in [0.15, 0.2) is 5.82 Å². The quantitative estimate of drug-likeness (QED) is 0.716. The van der Waals surface area contributed by atoms with Crippen LogP contribution in [0, 0.1) is 0 Å². The lowest BCUT2D eigenvalue weighted by molar-refractivity contribution is -0.122. The van der Waals surface area contributed by atoms with Crippen molar-refractivity contribution in [2.45, 2.75) is 57.7 Å². The molecule has 2 saturated heterocycles. The normalized spacial score (nSPS) is 19.5. The average molecular weight is 412 g/mol. The molecule has 0 bridgehead atoms. The molecule has 8 heteroatoms. The van der Waals surface area contributed by atoms with Crippen molar-refractivity contribution in [1.29, 1.82) is 0 Å². The number of tetrazole rings is 1. The number of rotatable bonds is 8. The number of nitrogens with one attached hydrogen (secondary N) is 1. The molecular weight excluding hydrogens is 378 g/mol. The van der Waals surface area contributed by atoms with Gasteiger partial charge in [0.1, 0.15) is 6.54 Å². The molecule has 30 heavy (non-hydrogen) atoms. The molecule has 0 spiro atoms. The van der Waals surface area contributed by atoms with Crippen molar-refractivity contribution in [3.63, 3.8) is 0 Å². The van der Waals surface area contributed by atoms with Crippen LogP contribution in [0.4, 0.5) is 0 Å². The molecule has 1 N–H and O–H groups in total. The van der Waals surface area contributed by atoms with E-state index in [1.54, 1.807) is 4.68 Å². The Morgan fingerprint density at radius 3 is 2.40 bits per heavy atom. The molecule has 1 atom stereocenters. The number of hydrogen-bond acceptors (Lipinski definition) is 6. The fraction of sp³-hybridized carbons (Fsp3) is 0.636. The predicted octanol–water partition coefficient (Wildman–Crippen LogP) is 2.00. The molecular formula is C22H33N7O. The van der Waals surface area contributed by atoms with Crippen molar-refractivity contribution >= 4 is 5.91 Å². The van der Waals surface area contributed by atoms with E-state index in [2.05, 4.69) is 54.9 Å². The zero-order valence-corrected chi connectivity index (χ0v) is 17.7. The second-order valence-corrected chi connectivity index (χ2v) is 8.42. The van der Waals surface area contributed by atoms with Crippen LogP contribution in [0.5, 0.6) is 0 Å². The summed E-state index contributed by atoms with van der Waals surface area (Å²) in [6, 6.07) is 10.7. The van der Waals surface area contributed by atoms with Gasteiger partial charge in [-0.25, -0.2) is 4.68 Å². The Labute approximate surface area is 178 Å². The summed E-state index contributed by atoms with van der Waals surface area (Å²) in [5.74, 6) is 0.722. The SMILES string of the molecule is O=C(Cn1nnnc1CN1CCCC1)NCC(c1ccccc1)N1CCCCCC1. The first-order valence-corrected chi connectivity index (χ1v) is 11.3. The highest BCUT2D eigenvalue weighted by Gasteiger charge is 2.23. The number of aromatic nitrogens is 4. The van der Waals surface area contributed by atoms with E-state index in [0.717, 1.165) is 32.0 Å². The molecule has 2 aliphatic rings. The monoisotopic (exact) mass is 411 g/mol. The summed E-state index contributed by atoms with van der Waals surface area (Å²) in [6.07, 6.45) is 7.48. The number of nitrogens with zero attached hydrogens (tertiary/aromatic N) is 6. The molecule has 8 nitrogen and oxygen atoms in total. The number of likely N-dealkylation sites (tertiary alicyclic amines) is 2. The zero-order chi connectivity index (χ0) is 20.6. The summed E-state index contributed by atoms with van der Waals surface area (Å²) in [7, 11) is 0. The van der Waals surface area contributed by atoms with Crippen LogP contribution in [-0.4, -0.2) is 68.6 Å². The van der Waals surface area contributed by atoms with E-state index in [0.29, 0.717) is 13.1 Å². The third-order valence-corrected chi connectivity index (χ3v) is 6.22. The molecule has 0 aliphatic carbocycles. The lowest BCUT2D eigenvalue weighted by Crippen LogP contribution is -2.40. The predicted molar refractivity (Wildman–Crippen MR) is 115 cm³/mol. The second-order valence-electron chi connectivity index (χ2n) is 8.42. The summed E-state index contributed by atoms with van der Waals surface area (Å²) in [6.45, 7) is 5.80. The van der Waals surface area contributed by atoms with Gasteiger partial charge in [0, 0.05) is 6.54 Å². The Morgan fingerprint density at radius 2 is 1.67 bits per heavy atom. The Morgan fingerprint density at radius 1 is 0.967 bits per heavy atom. The number of hydrogen-bond donors (Lipinski definition) is 1. The molecule has 3 heterocycles. The minimum atomic E-state index is -0.0410. The molecule has 1 aromatic heterocycles. The van der Waals surface area contributed by atoms with Crippen LogP contribution < -0.4 is 5.32 Å². The molecule has 1 amide bonds. The van der Waals surface area contributed by atoms with E-state index >= 15 is 0 Å². The van der Waals surface area contributed by atoms with Crippen molar-refractivity contribution in [3.8, 4) is 0 Å². The van der Waals surface area contributed by atoms with Crippen LogP contribution in [0.15, 0.2) is 30.3 Å². The van der Waals surface area contributed by atoms with Gasteiger partial charge >= 0.3 is 0 Å². The molecule has 2 aromatic rings. The van der Waals surface area contributed by atoms with Crippen molar-refractivity contribution in [1.82, 2.24) is 35.3 Å². The number of carbonyl (C=O) groups is 1. The van der Waals surface area contributed by atoms with E-state index < -0.39 is 0 Å². The third-order valence-electron chi connectivity index (χ3n) is 6.22. The maximum Gasteiger partial charge on any atom is 0.241 e. The maximum absolute atomic E-state index is 12.7. The number of amides is 1. The van der Waals surface area contributed by atoms with Crippen LogP contribution in [0.2, 0.25) is 0 Å². The molecule has 1 unspecified atom stereocenters. The molecule has 162 valence electrons. The van der Waals surface area contributed by atoms with Crippen LogP contribution in [0.25, 0.3) is 0 Å². The topological polar surface area (TPSA) is 79.2 Å². The van der Waals surface area contributed by atoms with E-state index in [4.69, 9.17) is 0 Å². The van der Waals surface area contributed by atoms with Crippen LogP contribution in [-0.2, 0) is 17.9 Å². The van der Waals surface area contributed by atoms with Gasteiger partial charge in [-0.05, 0) is 67.9 Å². The van der Waals surface area contributed by atoms with Crippen molar-refractivity contribution in [2.24, 2.45) is 0 Å². The first kappa shape index (κ1) is 20.9. The van der Waals surface area contributed by atoms with Crippen molar-refractivity contribution < 1.29 is 4.79 Å². The zero-order valence-electron chi connectivity index (χ0n) is 17.7. The highest BCUT2D eigenvalue weighted by molar-refractivity contribution is 5.75. The Hall–Kier alpha value is -2.32. The van der Waals surface area contributed by atoms with E-state index in [1.165, 1.54) is 44.1 Å². The van der Waals surface area contributed by atoms with Gasteiger partial charge in [-0.15, -0.1) is 5.10 Å². The largest absolute Gasteiger partial charge is 0.353 e. The summed E-state index contributed by atoms with van der Waals surface area (Å²) in [5, 5.41) is 15.1. The summed E-state index contributed by atoms with van der Waals surface area (Å²) in [5.41, 5.74) is 1.26. The average Bonchev–Trinajstić information content (AvgIpc) is 3.36. The van der Waals surface area contributed by atoms with Gasteiger partial charge in [0.25, 0.3) is 0 Å². The molecule has 0 saturated carbocycles. The van der Waals surface area contributed by atoms with Gasteiger partial charge in [0.2, 0.25) is 5.91 Å². The molecule has 2 fully saturated rings. The van der Waals surface area contributed by atoms with Gasteiger partial charge in [-0.3, -0.25) is 14.6 Å². The first-order valence-electron chi connectivity index (χ1n) is 11.3. The fourth-order valence-electron chi connectivity index (χ4n) is 4.54.